The van der Waals surface area contributed by atoms with Crippen molar-refractivity contribution < 1.29 is 31.1 Å². The molecule has 2 aromatic heterocycles. The third-order valence-electron chi connectivity index (χ3n) is 5.69. The first-order valence-electron chi connectivity index (χ1n) is 11.3. The zero-order valence-corrected chi connectivity index (χ0v) is 20.9. The summed E-state index contributed by atoms with van der Waals surface area (Å²) in [4.78, 5) is 20.3. The van der Waals surface area contributed by atoms with Gasteiger partial charge in [-0.05, 0) is 78.2 Å². The average molecular weight is 542 g/mol. The largest absolute Gasteiger partial charge is 0.357 e. The van der Waals surface area contributed by atoms with Gasteiger partial charge in [0.25, 0.3) is 5.91 Å². The molecule has 11 heteroatoms. The first-order valence-corrected chi connectivity index (χ1v) is 12.9. The molecule has 7 nitrogen and oxygen atoms in total. The van der Waals surface area contributed by atoms with Crippen molar-refractivity contribution in [2.24, 2.45) is 0 Å². The molecular weight excluding hydrogens is 519 g/mol. The van der Waals surface area contributed by atoms with Crippen molar-refractivity contribution >= 4 is 15.7 Å². The van der Waals surface area contributed by atoms with Gasteiger partial charge in [-0.15, -0.1) is 0 Å². The van der Waals surface area contributed by atoms with Gasteiger partial charge in [-0.3, -0.25) is 14.8 Å². The van der Waals surface area contributed by atoms with E-state index in [-0.39, 0.29) is 29.5 Å². The maximum absolute atomic E-state index is 14.9. The fourth-order valence-corrected chi connectivity index (χ4v) is 5.69. The highest BCUT2D eigenvalue weighted by atomic mass is 32.2. The Labute approximate surface area is 217 Å². The van der Waals surface area contributed by atoms with E-state index in [9.17, 15) is 26.4 Å². The van der Waals surface area contributed by atoms with E-state index in [1.807, 2.05) is 6.07 Å². The maximum atomic E-state index is 14.9. The van der Waals surface area contributed by atoms with Crippen LogP contribution in [0.15, 0.2) is 84.1 Å². The molecule has 196 valence electrons. The third kappa shape index (κ3) is 6.06. The molecule has 0 aliphatic heterocycles. The van der Waals surface area contributed by atoms with E-state index in [0.717, 1.165) is 54.2 Å². The van der Waals surface area contributed by atoms with Crippen molar-refractivity contribution in [2.45, 2.75) is 23.7 Å². The summed E-state index contributed by atoms with van der Waals surface area (Å²) < 4.78 is 75.1. The average Bonchev–Trinajstić information content (AvgIpc) is 2.90. The lowest BCUT2D eigenvalue weighted by molar-refractivity contribution is 0.0746. The van der Waals surface area contributed by atoms with E-state index in [1.54, 1.807) is 18.5 Å². The third-order valence-corrected chi connectivity index (χ3v) is 7.74. The molecule has 0 aliphatic carbocycles. The van der Waals surface area contributed by atoms with Crippen LogP contribution < -0.4 is 5.32 Å². The minimum absolute atomic E-state index is 0.0307. The minimum Gasteiger partial charge on any atom is -0.357 e. The van der Waals surface area contributed by atoms with Crippen LogP contribution in [0.1, 0.15) is 38.0 Å². The number of aromatic nitrogens is 2. The fraction of sp³-hybridized carbons (Fsp3) is 0.148. The van der Waals surface area contributed by atoms with Gasteiger partial charge in [0.05, 0.1) is 11.5 Å². The number of sulfone groups is 1. The molecule has 0 saturated heterocycles. The maximum Gasteiger partial charge on any atom is 0.271 e. The summed E-state index contributed by atoms with van der Waals surface area (Å²) >= 11 is 0. The number of aryl methyl sites for hydroxylation is 1. The monoisotopic (exact) mass is 541 g/mol. The Morgan fingerprint density at radius 1 is 0.974 bits per heavy atom. The Morgan fingerprint density at radius 3 is 2.39 bits per heavy atom. The fourth-order valence-electron chi connectivity index (χ4n) is 3.80. The molecule has 1 unspecified atom stereocenters. The number of ether oxygens (including phenoxy) is 1. The number of amides is 1. The number of halogens is 3. The molecule has 2 heterocycles. The SMILES string of the molecule is Cc1cc(C(=O)NCOCc2cccnc2)ncc1C(c1cc(F)ccc1F)S(=O)(=O)c1ccc(F)cc1. The Bertz CT molecular complexity index is 1550. The Balaban J connectivity index is 1.62. The van der Waals surface area contributed by atoms with Crippen LogP contribution in [0.5, 0.6) is 0 Å². The van der Waals surface area contributed by atoms with E-state index < -0.39 is 44.0 Å². The van der Waals surface area contributed by atoms with Crippen LogP contribution in [-0.4, -0.2) is 31.0 Å². The molecule has 1 amide bonds. The number of carbonyl (C=O) groups excluding carboxylic acids is 1. The van der Waals surface area contributed by atoms with Gasteiger partial charge in [0, 0.05) is 24.2 Å². The van der Waals surface area contributed by atoms with Crippen LogP contribution >= 0.6 is 0 Å². The summed E-state index contributed by atoms with van der Waals surface area (Å²) in [6.07, 6.45) is 4.39. The van der Waals surface area contributed by atoms with E-state index >= 15 is 0 Å². The summed E-state index contributed by atoms with van der Waals surface area (Å²) in [5.74, 6) is -3.03. The molecule has 0 saturated carbocycles. The standard InChI is InChI=1S/C27H22F3N3O4S/c1-17-11-25(27(34)33-16-37-15-18-3-2-10-31-13-18)32-14-23(17)26(22-12-20(29)6-9-24(22)30)38(35,36)21-7-4-19(28)5-8-21/h2-14,26H,15-16H2,1H3,(H,33,34). The minimum atomic E-state index is -4.40. The first-order chi connectivity index (χ1) is 18.2. The van der Waals surface area contributed by atoms with E-state index in [2.05, 4.69) is 15.3 Å². The van der Waals surface area contributed by atoms with Gasteiger partial charge in [-0.2, -0.15) is 0 Å². The van der Waals surface area contributed by atoms with Crippen LogP contribution in [0, 0.1) is 24.4 Å². The van der Waals surface area contributed by atoms with Crippen LogP contribution in [0.3, 0.4) is 0 Å². The summed E-state index contributed by atoms with van der Waals surface area (Å²) in [7, 11) is -4.40. The second-order valence-electron chi connectivity index (χ2n) is 8.33. The molecule has 1 atom stereocenters. The Hall–Kier alpha value is -4.09. The molecule has 4 rings (SSSR count). The van der Waals surface area contributed by atoms with E-state index in [0.29, 0.717) is 5.56 Å². The lowest BCUT2D eigenvalue weighted by Crippen LogP contribution is -2.27. The Morgan fingerprint density at radius 2 is 1.71 bits per heavy atom. The highest BCUT2D eigenvalue weighted by molar-refractivity contribution is 7.92. The highest BCUT2D eigenvalue weighted by Crippen LogP contribution is 2.38. The van der Waals surface area contributed by atoms with E-state index in [1.165, 1.54) is 13.0 Å². The van der Waals surface area contributed by atoms with Crippen molar-refractivity contribution in [3.8, 4) is 0 Å². The second-order valence-corrected chi connectivity index (χ2v) is 10.4. The van der Waals surface area contributed by atoms with Gasteiger partial charge in [0.15, 0.2) is 9.84 Å². The first kappa shape index (κ1) is 27.0. The van der Waals surface area contributed by atoms with Gasteiger partial charge in [0.1, 0.15) is 35.1 Å². The molecule has 2 aromatic carbocycles. The van der Waals surface area contributed by atoms with Crippen molar-refractivity contribution in [3.05, 3.63) is 125 Å². The van der Waals surface area contributed by atoms with Gasteiger partial charge in [-0.25, -0.2) is 21.6 Å². The highest BCUT2D eigenvalue weighted by Gasteiger charge is 2.35. The van der Waals surface area contributed by atoms with Crippen molar-refractivity contribution in [3.63, 3.8) is 0 Å². The summed E-state index contributed by atoms with van der Waals surface area (Å²) in [6.45, 7) is 1.63. The van der Waals surface area contributed by atoms with Crippen LogP contribution in [0.4, 0.5) is 13.2 Å². The number of rotatable bonds is 9. The number of hydrogen-bond donors (Lipinski definition) is 1. The number of pyridine rings is 2. The molecule has 0 spiro atoms. The molecule has 0 radical (unpaired) electrons. The normalized spacial score (nSPS) is 12.2. The topological polar surface area (TPSA) is 98.2 Å². The predicted octanol–water partition coefficient (Wildman–Crippen LogP) is 4.67. The number of benzene rings is 2. The summed E-state index contributed by atoms with van der Waals surface area (Å²) in [5.41, 5.74) is 0.663. The second kappa shape index (κ2) is 11.5. The Kier molecular flexibility index (Phi) is 8.18. The number of hydrogen-bond acceptors (Lipinski definition) is 6. The number of carbonyl (C=O) groups is 1. The zero-order chi connectivity index (χ0) is 27.3. The predicted molar refractivity (Wildman–Crippen MR) is 132 cm³/mol. The summed E-state index contributed by atoms with van der Waals surface area (Å²) in [5, 5.41) is 0.835. The van der Waals surface area contributed by atoms with Gasteiger partial charge < -0.3 is 10.1 Å². The van der Waals surface area contributed by atoms with Crippen molar-refractivity contribution in [1.82, 2.24) is 15.3 Å². The molecule has 38 heavy (non-hydrogen) atoms. The quantitative estimate of drug-likeness (QED) is 0.188. The van der Waals surface area contributed by atoms with Crippen LogP contribution in [0.25, 0.3) is 0 Å². The molecule has 0 aliphatic rings. The van der Waals surface area contributed by atoms with Gasteiger partial charge in [-0.1, -0.05) is 6.07 Å². The molecular formula is C27H22F3N3O4S. The van der Waals surface area contributed by atoms with Crippen molar-refractivity contribution in [1.29, 1.82) is 0 Å². The van der Waals surface area contributed by atoms with Crippen LogP contribution in [0.2, 0.25) is 0 Å². The van der Waals surface area contributed by atoms with E-state index in [4.69, 9.17) is 4.74 Å². The molecule has 0 fully saturated rings. The van der Waals surface area contributed by atoms with Gasteiger partial charge in [0.2, 0.25) is 0 Å². The lowest BCUT2D eigenvalue weighted by Gasteiger charge is -2.21. The lowest BCUT2D eigenvalue weighted by atomic mass is 10.0. The van der Waals surface area contributed by atoms with Crippen LogP contribution in [-0.2, 0) is 21.2 Å². The zero-order valence-electron chi connectivity index (χ0n) is 20.1. The molecule has 1 N–H and O–H groups in total. The van der Waals surface area contributed by atoms with Crippen molar-refractivity contribution in [2.75, 3.05) is 6.73 Å². The molecule has 0 bridgehead atoms. The smallest absolute Gasteiger partial charge is 0.271 e. The number of nitrogens with one attached hydrogen (secondary N) is 1. The molecule has 4 aromatic rings. The summed E-state index contributed by atoms with van der Waals surface area (Å²) in [6, 6.07) is 11.4. The van der Waals surface area contributed by atoms with Gasteiger partial charge >= 0.3 is 0 Å². The number of nitrogens with zero attached hydrogens (tertiary/aromatic N) is 2.